The number of halogens is 2. The maximum atomic E-state index is 13.7. The van der Waals surface area contributed by atoms with Crippen LogP contribution in [0.3, 0.4) is 0 Å². The fourth-order valence-electron chi connectivity index (χ4n) is 4.63. The second-order valence-electron chi connectivity index (χ2n) is 9.13. The SMILES string of the molecule is O=C(NC1CCCC1)C(Cc1ccccc1)N(Cc1ccc(Cl)c(Cl)c1)C(=O)Cc1ccccc1. The zero-order valence-corrected chi connectivity index (χ0v) is 21.1. The van der Waals surface area contributed by atoms with Crippen LogP contribution < -0.4 is 5.32 Å². The van der Waals surface area contributed by atoms with E-state index in [1.54, 1.807) is 17.0 Å². The van der Waals surface area contributed by atoms with Crippen molar-refractivity contribution in [2.24, 2.45) is 0 Å². The molecule has 3 aromatic carbocycles. The van der Waals surface area contributed by atoms with Crippen molar-refractivity contribution >= 4 is 35.0 Å². The van der Waals surface area contributed by atoms with Gasteiger partial charge in [-0.05, 0) is 41.7 Å². The molecule has 35 heavy (non-hydrogen) atoms. The molecule has 1 aliphatic carbocycles. The molecule has 1 saturated carbocycles. The molecule has 0 aliphatic heterocycles. The second-order valence-corrected chi connectivity index (χ2v) is 9.94. The maximum Gasteiger partial charge on any atom is 0.243 e. The van der Waals surface area contributed by atoms with Gasteiger partial charge in [0.05, 0.1) is 16.5 Å². The van der Waals surface area contributed by atoms with Crippen LogP contribution in [-0.4, -0.2) is 28.8 Å². The summed E-state index contributed by atoms with van der Waals surface area (Å²) in [5, 5.41) is 4.11. The van der Waals surface area contributed by atoms with Crippen LogP contribution in [0.25, 0.3) is 0 Å². The van der Waals surface area contributed by atoms with Crippen LogP contribution in [0.2, 0.25) is 10.0 Å². The standard InChI is InChI=1S/C29H30Cl2N2O2/c30-25-16-15-23(17-26(25)31)20-33(28(34)19-22-11-5-2-6-12-22)27(18-21-9-3-1-4-10-21)29(35)32-24-13-7-8-14-24/h1-6,9-12,15-17,24,27H,7-8,13-14,18-20H2,(H,32,35). The lowest BCUT2D eigenvalue weighted by Gasteiger charge is -2.32. The third kappa shape index (κ3) is 7.09. The van der Waals surface area contributed by atoms with Crippen LogP contribution in [0.5, 0.6) is 0 Å². The third-order valence-electron chi connectivity index (χ3n) is 6.51. The molecule has 0 aromatic heterocycles. The molecule has 3 aromatic rings. The van der Waals surface area contributed by atoms with Crippen LogP contribution in [0.4, 0.5) is 0 Å². The van der Waals surface area contributed by atoms with E-state index in [4.69, 9.17) is 23.2 Å². The number of carbonyl (C=O) groups is 2. The summed E-state index contributed by atoms with van der Waals surface area (Å²) in [4.78, 5) is 29.1. The van der Waals surface area contributed by atoms with Crippen molar-refractivity contribution in [1.82, 2.24) is 10.2 Å². The van der Waals surface area contributed by atoms with Crippen LogP contribution >= 0.6 is 23.2 Å². The van der Waals surface area contributed by atoms with Gasteiger partial charge < -0.3 is 10.2 Å². The van der Waals surface area contributed by atoms with Crippen molar-refractivity contribution in [1.29, 1.82) is 0 Å². The molecule has 1 atom stereocenters. The molecule has 4 rings (SSSR count). The van der Waals surface area contributed by atoms with Gasteiger partial charge in [0.25, 0.3) is 0 Å². The Labute approximate surface area is 217 Å². The van der Waals surface area contributed by atoms with E-state index in [1.807, 2.05) is 66.7 Å². The lowest BCUT2D eigenvalue weighted by molar-refractivity contribution is -0.141. The first-order valence-corrected chi connectivity index (χ1v) is 12.9. The van der Waals surface area contributed by atoms with Gasteiger partial charge in [-0.2, -0.15) is 0 Å². The Balaban J connectivity index is 1.66. The summed E-state index contributed by atoms with van der Waals surface area (Å²) < 4.78 is 0. The van der Waals surface area contributed by atoms with Crippen molar-refractivity contribution in [3.63, 3.8) is 0 Å². The van der Waals surface area contributed by atoms with Crippen molar-refractivity contribution in [3.8, 4) is 0 Å². The summed E-state index contributed by atoms with van der Waals surface area (Å²) in [5.41, 5.74) is 2.74. The molecule has 4 nitrogen and oxygen atoms in total. The summed E-state index contributed by atoms with van der Waals surface area (Å²) in [6, 6.07) is 24.3. The molecule has 1 unspecified atom stereocenters. The van der Waals surface area contributed by atoms with Gasteiger partial charge in [0.15, 0.2) is 0 Å². The predicted molar refractivity (Wildman–Crippen MR) is 141 cm³/mol. The fraction of sp³-hybridized carbons (Fsp3) is 0.310. The fourth-order valence-corrected chi connectivity index (χ4v) is 4.95. The third-order valence-corrected chi connectivity index (χ3v) is 7.25. The highest BCUT2D eigenvalue weighted by Crippen LogP contribution is 2.25. The Morgan fingerprint density at radius 2 is 1.46 bits per heavy atom. The van der Waals surface area contributed by atoms with Crippen LogP contribution in [0.1, 0.15) is 42.4 Å². The minimum absolute atomic E-state index is 0.107. The summed E-state index contributed by atoms with van der Waals surface area (Å²) >= 11 is 12.4. The van der Waals surface area contributed by atoms with Gasteiger partial charge in [-0.15, -0.1) is 0 Å². The molecular formula is C29H30Cl2N2O2. The Morgan fingerprint density at radius 3 is 2.09 bits per heavy atom. The molecule has 0 bridgehead atoms. The van der Waals surface area contributed by atoms with Gasteiger partial charge in [0.2, 0.25) is 11.8 Å². The van der Waals surface area contributed by atoms with Gasteiger partial charge in [-0.1, -0.05) is 103 Å². The molecule has 1 fully saturated rings. The van der Waals surface area contributed by atoms with Crippen LogP contribution in [0.15, 0.2) is 78.9 Å². The van der Waals surface area contributed by atoms with E-state index >= 15 is 0 Å². The van der Waals surface area contributed by atoms with Gasteiger partial charge >= 0.3 is 0 Å². The molecule has 0 saturated heterocycles. The van der Waals surface area contributed by atoms with Crippen molar-refractivity contribution in [3.05, 3.63) is 106 Å². The molecule has 0 spiro atoms. The highest BCUT2D eigenvalue weighted by Gasteiger charge is 2.32. The van der Waals surface area contributed by atoms with Crippen molar-refractivity contribution in [2.75, 3.05) is 0 Å². The number of amides is 2. The van der Waals surface area contributed by atoms with Gasteiger partial charge in [0, 0.05) is 19.0 Å². The molecule has 0 heterocycles. The van der Waals surface area contributed by atoms with E-state index in [0.717, 1.165) is 42.4 Å². The highest BCUT2D eigenvalue weighted by molar-refractivity contribution is 6.42. The molecule has 182 valence electrons. The zero-order valence-electron chi connectivity index (χ0n) is 19.6. The first kappa shape index (κ1) is 25.3. The number of carbonyl (C=O) groups excluding carboxylic acids is 2. The average molecular weight is 509 g/mol. The molecule has 1 N–H and O–H groups in total. The van der Waals surface area contributed by atoms with Crippen molar-refractivity contribution in [2.45, 2.75) is 57.2 Å². The predicted octanol–water partition coefficient (Wildman–Crippen LogP) is 6.23. The number of hydrogen-bond acceptors (Lipinski definition) is 2. The highest BCUT2D eigenvalue weighted by atomic mass is 35.5. The largest absolute Gasteiger partial charge is 0.352 e. The van der Waals surface area contributed by atoms with E-state index in [-0.39, 0.29) is 30.8 Å². The number of nitrogens with one attached hydrogen (secondary N) is 1. The average Bonchev–Trinajstić information content (AvgIpc) is 3.37. The molecule has 6 heteroatoms. The summed E-state index contributed by atoms with van der Waals surface area (Å²) in [6.07, 6.45) is 4.84. The first-order chi connectivity index (χ1) is 17.0. The molecule has 0 radical (unpaired) electrons. The van der Waals surface area contributed by atoms with E-state index < -0.39 is 6.04 Å². The Kier molecular flexibility index (Phi) is 8.84. The number of hydrogen-bond donors (Lipinski definition) is 1. The van der Waals surface area contributed by atoms with Crippen LogP contribution in [0, 0.1) is 0 Å². The normalized spacial score (nSPS) is 14.5. The number of rotatable bonds is 9. The van der Waals surface area contributed by atoms with Gasteiger partial charge in [-0.3, -0.25) is 9.59 Å². The van der Waals surface area contributed by atoms with Gasteiger partial charge in [-0.25, -0.2) is 0 Å². The topological polar surface area (TPSA) is 49.4 Å². The Bertz CT molecular complexity index is 1130. The molecule has 2 amide bonds. The van der Waals surface area contributed by atoms with E-state index in [2.05, 4.69) is 5.32 Å². The molecule has 1 aliphatic rings. The van der Waals surface area contributed by atoms with E-state index in [1.165, 1.54) is 0 Å². The van der Waals surface area contributed by atoms with E-state index in [0.29, 0.717) is 16.5 Å². The Hall–Kier alpha value is -2.82. The van der Waals surface area contributed by atoms with Crippen molar-refractivity contribution < 1.29 is 9.59 Å². The minimum atomic E-state index is -0.649. The second kappa shape index (κ2) is 12.2. The summed E-state index contributed by atoms with van der Waals surface area (Å²) in [6.45, 7) is 0.262. The quantitative estimate of drug-likeness (QED) is 0.372. The Morgan fingerprint density at radius 1 is 0.829 bits per heavy atom. The maximum absolute atomic E-state index is 13.7. The van der Waals surface area contributed by atoms with Gasteiger partial charge in [0.1, 0.15) is 6.04 Å². The monoisotopic (exact) mass is 508 g/mol. The smallest absolute Gasteiger partial charge is 0.243 e. The number of benzene rings is 3. The first-order valence-electron chi connectivity index (χ1n) is 12.1. The minimum Gasteiger partial charge on any atom is -0.352 e. The number of nitrogens with zero attached hydrogens (tertiary/aromatic N) is 1. The molecular weight excluding hydrogens is 479 g/mol. The van der Waals surface area contributed by atoms with E-state index in [9.17, 15) is 9.59 Å². The zero-order chi connectivity index (χ0) is 24.6. The summed E-state index contributed by atoms with van der Waals surface area (Å²) in [7, 11) is 0. The summed E-state index contributed by atoms with van der Waals surface area (Å²) in [5.74, 6) is -0.216. The lowest BCUT2D eigenvalue weighted by Crippen LogP contribution is -2.52. The van der Waals surface area contributed by atoms with Crippen LogP contribution in [-0.2, 0) is 29.0 Å². The lowest BCUT2D eigenvalue weighted by atomic mass is 10.0.